The number of aliphatic hydroxyl groups excluding tert-OH is 2. The average molecular weight is 287 g/mol. The zero-order chi connectivity index (χ0) is 14.5. The van der Waals surface area contributed by atoms with Gasteiger partial charge >= 0.3 is 0 Å². The molecular formula is C15H29NO4. The topological polar surface area (TPSA) is 71.0 Å². The third-order valence-corrected chi connectivity index (χ3v) is 4.10. The molecule has 0 aromatic carbocycles. The Labute approximate surface area is 121 Å². The van der Waals surface area contributed by atoms with Gasteiger partial charge in [0.05, 0.1) is 6.10 Å². The Kier molecular flexibility index (Phi) is 6.23. The van der Waals surface area contributed by atoms with E-state index in [2.05, 4.69) is 19.2 Å². The van der Waals surface area contributed by atoms with Crippen LogP contribution in [0.1, 0.15) is 46.0 Å². The van der Waals surface area contributed by atoms with Crippen molar-refractivity contribution in [2.45, 2.75) is 76.7 Å². The zero-order valence-electron chi connectivity index (χ0n) is 12.6. The lowest BCUT2D eigenvalue weighted by Crippen LogP contribution is -2.39. The lowest BCUT2D eigenvalue weighted by atomic mass is 9.98. The van der Waals surface area contributed by atoms with Gasteiger partial charge in [-0.05, 0) is 25.3 Å². The minimum Gasteiger partial charge on any atom is -0.387 e. The van der Waals surface area contributed by atoms with Crippen molar-refractivity contribution in [2.24, 2.45) is 5.92 Å². The highest BCUT2D eigenvalue weighted by atomic mass is 16.7. The SMILES string of the molecule is CC(C)CNC[C@H]1O[C@H](OC2CCCCC2)[C@H](O)[C@@H]1O. The van der Waals surface area contributed by atoms with Crippen molar-refractivity contribution >= 4 is 0 Å². The number of ether oxygens (including phenoxy) is 2. The van der Waals surface area contributed by atoms with Crippen molar-refractivity contribution < 1.29 is 19.7 Å². The molecule has 5 nitrogen and oxygen atoms in total. The second kappa shape index (κ2) is 7.71. The van der Waals surface area contributed by atoms with Gasteiger partial charge in [0.15, 0.2) is 6.29 Å². The predicted octanol–water partition coefficient (Wildman–Crippen LogP) is 1.03. The fourth-order valence-corrected chi connectivity index (χ4v) is 2.90. The molecule has 2 rings (SSSR count). The molecule has 0 radical (unpaired) electrons. The van der Waals surface area contributed by atoms with Crippen molar-refractivity contribution in [3.05, 3.63) is 0 Å². The minimum atomic E-state index is -0.942. The largest absolute Gasteiger partial charge is 0.387 e. The van der Waals surface area contributed by atoms with Gasteiger partial charge in [0.25, 0.3) is 0 Å². The fourth-order valence-electron chi connectivity index (χ4n) is 2.90. The van der Waals surface area contributed by atoms with Gasteiger partial charge in [-0.25, -0.2) is 0 Å². The molecule has 5 heteroatoms. The monoisotopic (exact) mass is 287 g/mol. The first kappa shape index (κ1) is 16.2. The molecule has 0 bridgehead atoms. The molecule has 4 atom stereocenters. The molecule has 2 fully saturated rings. The molecule has 1 saturated carbocycles. The summed E-state index contributed by atoms with van der Waals surface area (Å²) in [5.41, 5.74) is 0. The van der Waals surface area contributed by atoms with Crippen LogP contribution in [-0.4, -0.2) is 54.0 Å². The van der Waals surface area contributed by atoms with E-state index >= 15 is 0 Å². The molecule has 1 aliphatic heterocycles. The van der Waals surface area contributed by atoms with Crippen LogP contribution in [0.5, 0.6) is 0 Å². The summed E-state index contributed by atoms with van der Waals surface area (Å²) < 4.78 is 11.5. The normalized spacial score (nSPS) is 35.9. The van der Waals surface area contributed by atoms with Gasteiger partial charge in [-0.2, -0.15) is 0 Å². The summed E-state index contributed by atoms with van der Waals surface area (Å²) in [5, 5.41) is 23.3. The number of aliphatic hydroxyl groups is 2. The lowest BCUT2D eigenvalue weighted by molar-refractivity contribution is -0.195. The van der Waals surface area contributed by atoms with Crippen LogP contribution in [0.15, 0.2) is 0 Å². The van der Waals surface area contributed by atoms with Gasteiger partial charge in [-0.1, -0.05) is 33.1 Å². The maximum Gasteiger partial charge on any atom is 0.186 e. The summed E-state index contributed by atoms with van der Waals surface area (Å²) in [6.07, 6.45) is 2.95. The Balaban J connectivity index is 1.76. The van der Waals surface area contributed by atoms with Crippen LogP contribution in [0.25, 0.3) is 0 Å². The van der Waals surface area contributed by atoms with E-state index in [0.29, 0.717) is 12.5 Å². The molecule has 1 aliphatic carbocycles. The van der Waals surface area contributed by atoms with E-state index in [1.54, 1.807) is 0 Å². The number of rotatable bonds is 6. The summed E-state index contributed by atoms with van der Waals surface area (Å²) in [5.74, 6) is 0.549. The van der Waals surface area contributed by atoms with Crippen LogP contribution in [0.4, 0.5) is 0 Å². The molecular weight excluding hydrogens is 258 g/mol. The summed E-state index contributed by atoms with van der Waals surface area (Å²) in [7, 11) is 0. The van der Waals surface area contributed by atoms with Crippen molar-refractivity contribution in [1.29, 1.82) is 0 Å². The van der Waals surface area contributed by atoms with E-state index in [1.165, 1.54) is 19.3 Å². The number of hydrogen-bond acceptors (Lipinski definition) is 5. The van der Waals surface area contributed by atoms with Crippen molar-refractivity contribution in [2.75, 3.05) is 13.1 Å². The summed E-state index contributed by atoms with van der Waals surface area (Å²) in [6, 6.07) is 0. The Morgan fingerprint density at radius 2 is 1.85 bits per heavy atom. The first-order valence-electron chi connectivity index (χ1n) is 7.95. The van der Waals surface area contributed by atoms with Gasteiger partial charge < -0.3 is 25.0 Å². The van der Waals surface area contributed by atoms with Gasteiger partial charge in [0, 0.05) is 6.54 Å². The maximum absolute atomic E-state index is 10.0. The van der Waals surface area contributed by atoms with E-state index < -0.39 is 24.6 Å². The van der Waals surface area contributed by atoms with Crippen molar-refractivity contribution in [1.82, 2.24) is 5.32 Å². The third-order valence-electron chi connectivity index (χ3n) is 4.10. The minimum absolute atomic E-state index is 0.165. The Bertz CT molecular complexity index is 281. The highest BCUT2D eigenvalue weighted by molar-refractivity contribution is 4.88. The molecule has 3 N–H and O–H groups in total. The van der Waals surface area contributed by atoms with Crippen LogP contribution in [0.2, 0.25) is 0 Å². The smallest absolute Gasteiger partial charge is 0.186 e. The standard InChI is InChI=1S/C15H29NO4/c1-10(2)8-16-9-12-13(17)14(18)15(20-12)19-11-6-4-3-5-7-11/h10-18H,3-9H2,1-2H3/t12-,13-,14-,15+/m1/s1. The van der Waals surface area contributed by atoms with Crippen molar-refractivity contribution in [3.63, 3.8) is 0 Å². The predicted molar refractivity (Wildman–Crippen MR) is 76.3 cm³/mol. The Morgan fingerprint density at radius 1 is 1.15 bits per heavy atom. The summed E-state index contributed by atoms with van der Waals surface area (Å²) in [4.78, 5) is 0. The van der Waals surface area contributed by atoms with Crippen LogP contribution in [0, 0.1) is 5.92 Å². The van der Waals surface area contributed by atoms with Gasteiger partial charge in [0.1, 0.15) is 18.3 Å². The van der Waals surface area contributed by atoms with Crippen LogP contribution in [0.3, 0.4) is 0 Å². The summed E-state index contributed by atoms with van der Waals surface area (Å²) in [6.45, 7) is 5.67. The third kappa shape index (κ3) is 4.40. The Morgan fingerprint density at radius 3 is 2.50 bits per heavy atom. The number of hydrogen-bond donors (Lipinski definition) is 3. The van der Waals surface area contributed by atoms with Gasteiger partial charge in [0.2, 0.25) is 0 Å². The van der Waals surface area contributed by atoms with Crippen molar-refractivity contribution in [3.8, 4) is 0 Å². The summed E-state index contributed by atoms with van der Waals surface area (Å²) >= 11 is 0. The molecule has 1 heterocycles. The van der Waals surface area contributed by atoms with Gasteiger partial charge in [-0.3, -0.25) is 0 Å². The molecule has 0 unspecified atom stereocenters. The second-order valence-electron chi connectivity index (χ2n) is 6.47. The molecule has 0 amide bonds. The molecule has 118 valence electrons. The van der Waals surface area contributed by atoms with Crippen LogP contribution >= 0.6 is 0 Å². The quantitative estimate of drug-likeness (QED) is 0.680. The van der Waals surface area contributed by atoms with Crippen LogP contribution in [-0.2, 0) is 9.47 Å². The maximum atomic E-state index is 10.0. The van der Waals surface area contributed by atoms with E-state index in [9.17, 15) is 10.2 Å². The lowest BCUT2D eigenvalue weighted by Gasteiger charge is -2.26. The van der Waals surface area contributed by atoms with E-state index in [4.69, 9.17) is 9.47 Å². The van der Waals surface area contributed by atoms with E-state index in [1.807, 2.05) is 0 Å². The molecule has 1 saturated heterocycles. The molecule has 20 heavy (non-hydrogen) atoms. The highest BCUT2D eigenvalue weighted by Gasteiger charge is 2.44. The molecule has 0 aromatic heterocycles. The van der Waals surface area contributed by atoms with Gasteiger partial charge in [-0.15, -0.1) is 0 Å². The molecule has 0 spiro atoms. The molecule has 0 aromatic rings. The second-order valence-corrected chi connectivity index (χ2v) is 6.47. The Hall–Kier alpha value is -0.200. The average Bonchev–Trinajstić information content (AvgIpc) is 2.68. The first-order valence-corrected chi connectivity index (χ1v) is 7.95. The van der Waals surface area contributed by atoms with E-state index in [-0.39, 0.29) is 6.10 Å². The zero-order valence-corrected chi connectivity index (χ0v) is 12.6. The van der Waals surface area contributed by atoms with Crippen LogP contribution < -0.4 is 5.32 Å². The first-order chi connectivity index (χ1) is 9.58. The fraction of sp³-hybridized carbons (Fsp3) is 1.00. The molecule has 2 aliphatic rings. The highest BCUT2D eigenvalue weighted by Crippen LogP contribution is 2.27. The van der Waals surface area contributed by atoms with E-state index in [0.717, 1.165) is 19.4 Å². The number of nitrogens with one attached hydrogen (secondary N) is 1.